The van der Waals surface area contributed by atoms with Gasteiger partial charge in [-0.1, -0.05) is 19.0 Å². The van der Waals surface area contributed by atoms with Crippen molar-refractivity contribution in [2.45, 2.75) is 39.7 Å². The van der Waals surface area contributed by atoms with Crippen molar-refractivity contribution in [1.82, 2.24) is 25.4 Å². The molecule has 8 heteroatoms. The van der Waals surface area contributed by atoms with E-state index >= 15 is 0 Å². The van der Waals surface area contributed by atoms with Crippen molar-refractivity contribution in [3.63, 3.8) is 0 Å². The predicted molar refractivity (Wildman–Crippen MR) is 91.7 cm³/mol. The Hall–Kier alpha value is -2.51. The minimum absolute atomic E-state index is 0.0156. The second kappa shape index (κ2) is 7.58. The minimum atomic E-state index is -0.258. The number of nitrogens with zero attached hydrogens (tertiary/aromatic N) is 5. The third kappa shape index (κ3) is 4.12. The Labute approximate surface area is 147 Å². The van der Waals surface area contributed by atoms with Crippen LogP contribution in [0.4, 0.5) is 5.82 Å². The van der Waals surface area contributed by atoms with E-state index in [0.29, 0.717) is 11.7 Å². The van der Waals surface area contributed by atoms with Crippen LogP contribution in [0.3, 0.4) is 0 Å². The summed E-state index contributed by atoms with van der Waals surface area (Å²) >= 11 is 0. The van der Waals surface area contributed by atoms with Gasteiger partial charge in [0.05, 0.1) is 6.20 Å². The normalized spacial score (nSPS) is 16.9. The number of carbonyl (C=O) groups is 1. The molecule has 8 nitrogen and oxygen atoms in total. The van der Waals surface area contributed by atoms with Crippen LogP contribution in [0.5, 0.6) is 0 Å². The van der Waals surface area contributed by atoms with Gasteiger partial charge in [0.1, 0.15) is 11.9 Å². The van der Waals surface area contributed by atoms with Gasteiger partial charge in [-0.15, -0.1) is 0 Å². The van der Waals surface area contributed by atoms with E-state index in [1.54, 1.807) is 25.5 Å². The van der Waals surface area contributed by atoms with E-state index in [1.807, 2.05) is 13.8 Å². The van der Waals surface area contributed by atoms with Crippen molar-refractivity contribution >= 4 is 11.7 Å². The van der Waals surface area contributed by atoms with Crippen LogP contribution in [0, 0.1) is 18.8 Å². The van der Waals surface area contributed by atoms with Crippen LogP contribution in [0.1, 0.15) is 44.4 Å². The molecule has 0 aliphatic carbocycles. The molecule has 0 spiro atoms. The van der Waals surface area contributed by atoms with Gasteiger partial charge in [0.2, 0.25) is 11.8 Å². The number of carbonyl (C=O) groups excluding carboxylic acids is 1. The molecule has 1 aliphatic heterocycles. The van der Waals surface area contributed by atoms with E-state index in [9.17, 15) is 4.79 Å². The van der Waals surface area contributed by atoms with E-state index in [2.05, 4.69) is 30.3 Å². The molecule has 3 rings (SSSR count). The van der Waals surface area contributed by atoms with E-state index in [4.69, 9.17) is 4.52 Å². The first-order valence-corrected chi connectivity index (χ1v) is 8.66. The first-order valence-electron chi connectivity index (χ1n) is 8.66. The number of rotatable bonds is 5. The predicted octanol–water partition coefficient (Wildman–Crippen LogP) is 1.90. The second-order valence-electron chi connectivity index (χ2n) is 6.74. The molecule has 0 aromatic carbocycles. The molecule has 2 aromatic rings. The van der Waals surface area contributed by atoms with E-state index < -0.39 is 0 Å². The van der Waals surface area contributed by atoms with Crippen LogP contribution in [0.25, 0.3) is 0 Å². The molecule has 0 saturated carbocycles. The van der Waals surface area contributed by atoms with Gasteiger partial charge < -0.3 is 14.7 Å². The molecule has 0 unspecified atom stereocenters. The van der Waals surface area contributed by atoms with Gasteiger partial charge in [0.15, 0.2) is 5.82 Å². The molecule has 1 atom stereocenters. The van der Waals surface area contributed by atoms with Crippen LogP contribution in [-0.2, 0) is 4.79 Å². The molecule has 134 valence electrons. The molecule has 25 heavy (non-hydrogen) atoms. The van der Waals surface area contributed by atoms with Crippen molar-refractivity contribution in [2.24, 2.45) is 11.8 Å². The van der Waals surface area contributed by atoms with Gasteiger partial charge in [-0.3, -0.25) is 9.78 Å². The molecule has 0 bridgehead atoms. The Kier molecular flexibility index (Phi) is 5.25. The average Bonchev–Trinajstić information content (AvgIpc) is 3.06. The number of hydrogen-bond donors (Lipinski definition) is 1. The van der Waals surface area contributed by atoms with E-state index in [0.717, 1.165) is 31.7 Å². The zero-order chi connectivity index (χ0) is 17.8. The third-order valence-electron chi connectivity index (χ3n) is 4.51. The van der Waals surface area contributed by atoms with Gasteiger partial charge in [0, 0.05) is 31.4 Å². The molecule has 1 aliphatic rings. The molecular formula is C17H24N6O2. The van der Waals surface area contributed by atoms with Crippen molar-refractivity contribution in [1.29, 1.82) is 0 Å². The summed E-state index contributed by atoms with van der Waals surface area (Å²) in [5.41, 5.74) is 0. The van der Waals surface area contributed by atoms with Crippen molar-refractivity contribution in [3.8, 4) is 0 Å². The Bertz CT molecular complexity index is 694. The monoisotopic (exact) mass is 344 g/mol. The smallest absolute Gasteiger partial charge is 0.249 e. The van der Waals surface area contributed by atoms with Gasteiger partial charge in [0.25, 0.3) is 0 Å². The highest BCUT2D eigenvalue weighted by Gasteiger charge is 2.30. The summed E-state index contributed by atoms with van der Waals surface area (Å²) in [4.78, 5) is 27.5. The Balaban J connectivity index is 1.58. The number of aromatic nitrogens is 4. The average molecular weight is 344 g/mol. The third-order valence-corrected chi connectivity index (χ3v) is 4.51. The molecular weight excluding hydrogens is 320 g/mol. The first-order chi connectivity index (χ1) is 12.0. The summed E-state index contributed by atoms with van der Waals surface area (Å²) in [6.45, 7) is 7.42. The highest BCUT2D eigenvalue weighted by Crippen LogP contribution is 2.24. The standard InChI is InChI=1S/C17H24N6O2/c1-11(2)15(17-20-12(3)22-25-17)21-16(24)13-4-8-23(9-5-13)14-10-18-6-7-19-14/h6-7,10-11,13,15H,4-5,8-9H2,1-3H3,(H,21,24)/t15-/m1/s1. The highest BCUT2D eigenvalue weighted by molar-refractivity contribution is 5.79. The maximum absolute atomic E-state index is 12.7. The molecule has 1 saturated heterocycles. The molecule has 2 aromatic heterocycles. The summed E-state index contributed by atoms with van der Waals surface area (Å²) in [5, 5.41) is 6.92. The number of hydrogen-bond acceptors (Lipinski definition) is 7. The van der Waals surface area contributed by atoms with Gasteiger partial charge >= 0.3 is 0 Å². The van der Waals surface area contributed by atoms with Crippen LogP contribution >= 0.6 is 0 Å². The minimum Gasteiger partial charge on any atom is -0.355 e. The van der Waals surface area contributed by atoms with Crippen LogP contribution < -0.4 is 10.2 Å². The fraction of sp³-hybridized carbons (Fsp3) is 0.588. The highest BCUT2D eigenvalue weighted by atomic mass is 16.5. The Morgan fingerprint density at radius 2 is 2.08 bits per heavy atom. The van der Waals surface area contributed by atoms with Crippen LogP contribution in [0.15, 0.2) is 23.1 Å². The fourth-order valence-corrected chi connectivity index (χ4v) is 3.05. The van der Waals surface area contributed by atoms with Crippen molar-refractivity contribution < 1.29 is 9.32 Å². The van der Waals surface area contributed by atoms with Crippen molar-refractivity contribution in [3.05, 3.63) is 30.3 Å². The second-order valence-corrected chi connectivity index (χ2v) is 6.74. The summed E-state index contributed by atoms with van der Waals surface area (Å²) in [5.74, 6) is 2.11. The maximum Gasteiger partial charge on any atom is 0.249 e. The fourth-order valence-electron chi connectivity index (χ4n) is 3.05. The van der Waals surface area contributed by atoms with E-state index in [1.165, 1.54) is 0 Å². The molecule has 3 heterocycles. The van der Waals surface area contributed by atoms with Crippen molar-refractivity contribution in [2.75, 3.05) is 18.0 Å². The number of aryl methyl sites for hydroxylation is 1. The topological polar surface area (TPSA) is 97.0 Å². The zero-order valence-corrected chi connectivity index (χ0v) is 14.8. The van der Waals surface area contributed by atoms with Gasteiger partial charge in [-0.25, -0.2) is 4.98 Å². The molecule has 0 radical (unpaired) electrons. The lowest BCUT2D eigenvalue weighted by molar-refractivity contribution is -0.126. The maximum atomic E-state index is 12.7. The number of nitrogens with one attached hydrogen (secondary N) is 1. The summed E-state index contributed by atoms with van der Waals surface area (Å²) in [6.07, 6.45) is 6.68. The summed E-state index contributed by atoms with van der Waals surface area (Å²) in [7, 11) is 0. The summed E-state index contributed by atoms with van der Waals surface area (Å²) in [6, 6.07) is -0.258. The number of anilines is 1. The lowest BCUT2D eigenvalue weighted by Gasteiger charge is -2.32. The molecule has 1 fully saturated rings. The quantitative estimate of drug-likeness (QED) is 0.884. The van der Waals surface area contributed by atoms with Crippen LogP contribution in [-0.4, -0.2) is 39.1 Å². The number of amides is 1. The largest absolute Gasteiger partial charge is 0.355 e. The lowest BCUT2D eigenvalue weighted by Crippen LogP contribution is -2.42. The van der Waals surface area contributed by atoms with Crippen LogP contribution in [0.2, 0.25) is 0 Å². The number of piperidine rings is 1. The van der Waals surface area contributed by atoms with Gasteiger partial charge in [-0.05, 0) is 25.7 Å². The zero-order valence-electron chi connectivity index (χ0n) is 14.8. The SMILES string of the molecule is Cc1noc([C@H](NC(=O)C2CCN(c3cnccn3)CC2)C(C)C)n1. The Morgan fingerprint density at radius 3 is 2.64 bits per heavy atom. The first kappa shape index (κ1) is 17.3. The van der Waals surface area contributed by atoms with Gasteiger partial charge in [-0.2, -0.15) is 4.98 Å². The Morgan fingerprint density at radius 1 is 1.32 bits per heavy atom. The molecule has 1 N–H and O–H groups in total. The summed E-state index contributed by atoms with van der Waals surface area (Å²) < 4.78 is 5.25. The van der Waals surface area contributed by atoms with E-state index in [-0.39, 0.29) is 23.8 Å². The molecule has 1 amide bonds. The lowest BCUT2D eigenvalue weighted by atomic mass is 9.94.